The SMILES string of the molecule is CNc1ncc(C)c(NC2CCCC2SC)n1. The molecule has 1 aliphatic rings. The van der Waals surface area contributed by atoms with E-state index in [1.54, 1.807) is 0 Å². The number of nitrogens with zero attached hydrogens (tertiary/aromatic N) is 2. The minimum absolute atomic E-state index is 0.545. The first-order chi connectivity index (χ1) is 8.24. The van der Waals surface area contributed by atoms with Crippen molar-refractivity contribution in [2.24, 2.45) is 0 Å². The number of thioether (sulfide) groups is 1. The van der Waals surface area contributed by atoms with Crippen LogP contribution >= 0.6 is 11.8 Å². The molecule has 2 unspecified atom stereocenters. The van der Waals surface area contributed by atoms with Gasteiger partial charge in [0.25, 0.3) is 0 Å². The standard InChI is InChI=1S/C12H20N4S/c1-8-7-14-12(13-2)16-11(8)15-9-5-4-6-10(9)17-3/h7,9-10H,4-6H2,1-3H3,(H2,13,14,15,16). The van der Waals surface area contributed by atoms with Crippen molar-refractivity contribution < 1.29 is 0 Å². The van der Waals surface area contributed by atoms with Crippen molar-refractivity contribution in [2.45, 2.75) is 37.5 Å². The molecule has 0 aliphatic heterocycles. The van der Waals surface area contributed by atoms with E-state index in [0.29, 0.717) is 17.2 Å². The number of hydrogen-bond acceptors (Lipinski definition) is 5. The molecule has 1 fully saturated rings. The highest BCUT2D eigenvalue weighted by atomic mass is 32.2. The zero-order valence-corrected chi connectivity index (χ0v) is 11.5. The fraction of sp³-hybridized carbons (Fsp3) is 0.667. The summed E-state index contributed by atoms with van der Waals surface area (Å²) in [5.74, 6) is 1.65. The van der Waals surface area contributed by atoms with Gasteiger partial charge >= 0.3 is 0 Å². The number of rotatable bonds is 4. The first kappa shape index (κ1) is 12.5. The predicted molar refractivity (Wildman–Crippen MR) is 74.9 cm³/mol. The van der Waals surface area contributed by atoms with E-state index in [-0.39, 0.29) is 0 Å². The van der Waals surface area contributed by atoms with Crippen LogP contribution in [0.15, 0.2) is 6.20 Å². The summed E-state index contributed by atoms with van der Waals surface area (Å²) in [5, 5.41) is 7.26. The average Bonchev–Trinajstić information content (AvgIpc) is 2.79. The zero-order valence-electron chi connectivity index (χ0n) is 10.7. The van der Waals surface area contributed by atoms with E-state index in [0.717, 1.165) is 11.4 Å². The third-order valence-corrected chi connectivity index (χ3v) is 4.44. The summed E-state index contributed by atoms with van der Waals surface area (Å²) < 4.78 is 0. The molecule has 2 N–H and O–H groups in total. The van der Waals surface area contributed by atoms with Gasteiger partial charge in [-0.3, -0.25) is 0 Å². The Labute approximate surface area is 107 Å². The summed E-state index contributed by atoms with van der Waals surface area (Å²) in [5.41, 5.74) is 1.11. The van der Waals surface area contributed by atoms with Crippen LogP contribution in [-0.4, -0.2) is 34.6 Å². The fourth-order valence-corrected chi connectivity index (χ4v) is 3.19. The summed E-state index contributed by atoms with van der Waals surface area (Å²) in [6, 6.07) is 0.545. The molecule has 4 nitrogen and oxygen atoms in total. The Morgan fingerprint density at radius 1 is 1.41 bits per heavy atom. The molecule has 94 valence electrons. The van der Waals surface area contributed by atoms with Gasteiger partial charge in [0.2, 0.25) is 5.95 Å². The summed E-state index contributed by atoms with van der Waals surface area (Å²) in [7, 11) is 1.84. The van der Waals surface area contributed by atoms with Crippen LogP contribution in [-0.2, 0) is 0 Å². The van der Waals surface area contributed by atoms with Crippen molar-refractivity contribution in [1.82, 2.24) is 9.97 Å². The number of anilines is 2. The monoisotopic (exact) mass is 252 g/mol. The third kappa shape index (κ3) is 2.83. The maximum absolute atomic E-state index is 4.48. The van der Waals surface area contributed by atoms with Gasteiger partial charge in [-0.05, 0) is 26.0 Å². The molecular formula is C12H20N4S. The van der Waals surface area contributed by atoms with E-state index >= 15 is 0 Å². The zero-order chi connectivity index (χ0) is 12.3. The van der Waals surface area contributed by atoms with Crippen molar-refractivity contribution in [1.29, 1.82) is 0 Å². The molecule has 1 saturated carbocycles. The Morgan fingerprint density at radius 2 is 2.24 bits per heavy atom. The van der Waals surface area contributed by atoms with Gasteiger partial charge in [0.1, 0.15) is 5.82 Å². The van der Waals surface area contributed by atoms with Crippen LogP contribution in [0, 0.1) is 6.92 Å². The summed E-state index contributed by atoms with van der Waals surface area (Å²) >= 11 is 1.95. The summed E-state index contributed by atoms with van der Waals surface area (Å²) in [6.07, 6.45) is 7.92. The molecule has 0 saturated heterocycles. The van der Waals surface area contributed by atoms with E-state index in [4.69, 9.17) is 0 Å². The lowest BCUT2D eigenvalue weighted by molar-refractivity contribution is 0.761. The van der Waals surface area contributed by atoms with Gasteiger partial charge < -0.3 is 10.6 Å². The van der Waals surface area contributed by atoms with E-state index in [1.807, 2.05) is 31.9 Å². The van der Waals surface area contributed by atoms with E-state index < -0.39 is 0 Å². The number of hydrogen-bond donors (Lipinski definition) is 2. The average molecular weight is 252 g/mol. The maximum Gasteiger partial charge on any atom is 0.224 e. The molecule has 0 radical (unpaired) electrons. The maximum atomic E-state index is 4.48. The van der Waals surface area contributed by atoms with Crippen LogP contribution in [0.25, 0.3) is 0 Å². The van der Waals surface area contributed by atoms with Crippen LogP contribution in [0.2, 0.25) is 0 Å². The number of nitrogens with one attached hydrogen (secondary N) is 2. The Morgan fingerprint density at radius 3 is 2.94 bits per heavy atom. The molecule has 17 heavy (non-hydrogen) atoms. The molecule has 2 atom stereocenters. The fourth-order valence-electron chi connectivity index (χ4n) is 2.26. The lowest BCUT2D eigenvalue weighted by Crippen LogP contribution is -2.26. The number of aryl methyl sites for hydroxylation is 1. The van der Waals surface area contributed by atoms with Gasteiger partial charge in [0.05, 0.1) is 0 Å². The molecule has 0 bridgehead atoms. The quantitative estimate of drug-likeness (QED) is 0.862. The van der Waals surface area contributed by atoms with Gasteiger partial charge in [-0.1, -0.05) is 6.42 Å². The third-order valence-electron chi connectivity index (χ3n) is 3.27. The second kappa shape index (κ2) is 5.58. The van der Waals surface area contributed by atoms with Crippen molar-refractivity contribution >= 4 is 23.5 Å². The Bertz CT molecular complexity index is 383. The molecule has 0 amide bonds. The molecule has 1 aromatic heterocycles. The smallest absolute Gasteiger partial charge is 0.224 e. The topological polar surface area (TPSA) is 49.8 Å². The van der Waals surface area contributed by atoms with Crippen LogP contribution in [0.3, 0.4) is 0 Å². The lowest BCUT2D eigenvalue weighted by Gasteiger charge is -2.21. The van der Waals surface area contributed by atoms with Gasteiger partial charge in [0.15, 0.2) is 0 Å². The highest BCUT2D eigenvalue weighted by Gasteiger charge is 2.26. The van der Waals surface area contributed by atoms with Crippen molar-refractivity contribution in [2.75, 3.05) is 23.9 Å². The van der Waals surface area contributed by atoms with Crippen LogP contribution in [0.4, 0.5) is 11.8 Å². The van der Waals surface area contributed by atoms with E-state index in [9.17, 15) is 0 Å². The summed E-state index contributed by atoms with van der Waals surface area (Å²) in [4.78, 5) is 8.68. The van der Waals surface area contributed by atoms with Crippen molar-refractivity contribution in [3.8, 4) is 0 Å². The molecule has 2 rings (SSSR count). The van der Waals surface area contributed by atoms with Gasteiger partial charge in [-0.15, -0.1) is 0 Å². The Balaban J connectivity index is 2.12. The highest BCUT2D eigenvalue weighted by Crippen LogP contribution is 2.31. The van der Waals surface area contributed by atoms with Crippen molar-refractivity contribution in [3.63, 3.8) is 0 Å². The van der Waals surface area contributed by atoms with Gasteiger partial charge in [0, 0.05) is 30.1 Å². The molecule has 1 heterocycles. The van der Waals surface area contributed by atoms with Gasteiger partial charge in [-0.25, -0.2) is 4.98 Å². The first-order valence-electron chi connectivity index (χ1n) is 6.05. The Hall–Kier alpha value is -0.970. The molecular weight excluding hydrogens is 232 g/mol. The second-order valence-electron chi connectivity index (χ2n) is 4.43. The van der Waals surface area contributed by atoms with Gasteiger partial charge in [-0.2, -0.15) is 16.7 Å². The summed E-state index contributed by atoms with van der Waals surface area (Å²) in [6.45, 7) is 2.05. The van der Waals surface area contributed by atoms with Crippen molar-refractivity contribution in [3.05, 3.63) is 11.8 Å². The molecule has 1 aliphatic carbocycles. The van der Waals surface area contributed by atoms with Crippen LogP contribution in [0.1, 0.15) is 24.8 Å². The highest BCUT2D eigenvalue weighted by molar-refractivity contribution is 7.99. The van der Waals surface area contributed by atoms with E-state index in [2.05, 4.69) is 26.9 Å². The second-order valence-corrected chi connectivity index (χ2v) is 5.51. The number of aromatic nitrogens is 2. The predicted octanol–water partition coefficient (Wildman–Crippen LogP) is 2.52. The van der Waals surface area contributed by atoms with E-state index in [1.165, 1.54) is 19.3 Å². The normalized spacial score (nSPS) is 23.7. The molecule has 0 spiro atoms. The van der Waals surface area contributed by atoms with Crippen LogP contribution in [0.5, 0.6) is 0 Å². The first-order valence-corrected chi connectivity index (χ1v) is 7.34. The van der Waals surface area contributed by atoms with Crippen LogP contribution < -0.4 is 10.6 Å². The minimum atomic E-state index is 0.545. The largest absolute Gasteiger partial charge is 0.366 e. The minimum Gasteiger partial charge on any atom is -0.366 e. The molecule has 0 aromatic carbocycles. The lowest BCUT2D eigenvalue weighted by atomic mass is 10.2. The Kier molecular flexibility index (Phi) is 4.10. The molecule has 1 aromatic rings. The molecule has 5 heteroatoms.